The first-order valence-electron chi connectivity index (χ1n) is 12.9. The van der Waals surface area contributed by atoms with Crippen LogP contribution in [0.4, 0.5) is 4.79 Å². The smallest absolute Gasteiger partial charge is 0.410 e. The van der Waals surface area contributed by atoms with E-state index in [2.05, 4.69) is 11.4 Å². The number of nitrogens with zero attached hydrogens (tertiary/aromatic N) is 3. The Balaban J connectivity index is 1.31. The highest BCUT2D eigenvalue weighted by Gasteiger charge is 2.52. The maximum Gasteiger partial charge on any atom is 0.410 e. The Hall–Kier alpha value is -3.55. The fourth-order valence-corrected chi connectivity index (χ4v) is 5.74. The lowest BCUT2D eigenvalue weighted by molar-refractivity contribution is -0.143. The van der Waals surface area contributed by atoms with Gasteiger partial charge in [0.1, 0.15) is 17.2 Å². The van der Waals surface area contributed by atoms with Crippen molar-refractivity contribution in [3.05, 3.63) is 54.6 Å². The Morgan fingerprint density at radius 1 is 1.03 bits per heavy atom. The van der Waals surface area contributed by atoms with Gasteiger partial charge in [-0.3, -0.25) is 4.79 Å². The Kier molecular flexibility index (Phi) is 6.16. The molecule has 1 saturated carbocycles. The van der Waals surface area contributed by atoms with Crippen molar-refractivity contribution < 1.29 is 19.1 Å². The van der Waals surface area contributed by atoms with Gasteiger partial charge in [-0.15, -0.1) is 0 Å². The van der Waals surface area contributed by atoms with Crippen molar-refractivity contribution in [2.75, 3.05) is 20.2 Å². The molecule has 1 aromatic carbocycles. The number of pyridine rings is 1. The first-order valence-corrected chi connectivity index (χ1v) is 12.9. The van der Waals surface area contributed by atoms with E-state index in [9.17, 15) is 9.59 Å². The largest absolute Gasteiger partial charge is 0.497 e. The molecule has 196 valence electrons. The standard InChI is InChI=1S/C29H36N4O4/c1-28(2,3)37-27(35)32-16-19-14-20(17-32)24(19)25(34)31-29(4,5)26-30-15-23-22(8-7-13-33(23)26)18-9-11-21(36-6)12-10-18/h7-13,15,19-20,24H,14,16-17H2,1-6H3,(H,31,34)/t19-,20?,24?/m1/s1. The third-order valence-electron chi connectivity index (χ3n) is 7.45. The molecular weight excluding hydrogens is 468 g/mol. The Bertz CT molecular complexity index is 1310. The van der Waals surface area contributed by atoms with Crippen molar-refractivity contribution in [1.82, 2.24) is 19.6 Å². The average molecular weight is 505 g/mol. The van der Waals surface area contributed by atoms with Crippen molar-refractivity contribution in [2.24, 2.45) is 17.8 Å². The number of hydrogen-bond donors (Lipinski definition) is 1. The number of carbonyl (C=O) groups excluding carboxylic acids is 2. The summed E-state index contributed by atoms with van der Waals surface area (Å²) in [5.41, 5.74) is 1.88. The highest BCUT2D eigenvalue weighted by molar-refractivity contribution is 5.83. The topological polar surface area (TPSA) is 85.2 Å². The van der Waals surface area contributed by atoms with E-state index in [1.54, 1.807) is 12.0 Å². The second-order valence-electron chi connectivity index (χ2n) is 11.8. The number of benzene rings is 1. The van der Waals surface area contributed by atoms with Crippen molar-refractivity contribution in [1.29, 1.82) is 0 Å². The van der Waals surface area contributed by atoms with Crippen molar-refractivity contribution >= 4 is 17.5 Å². The predicted octanol–water partition coefficient (Wildman–Crippen LogP) is 4.86. The molecule has 2 bridgehead atoms. The number of fused-ring (bicyclic) bond motifs is 3. The van der Waals surface area contributed by atoms with Crippen LogP contribution in [0.5, 0.6) is 5.75 Å². The van der Waals surface area contributed by atoms with Crippen molar-refractivity contribution in [3.8, 4) is 16.9 Å². The normalized spacial score (nSPS) is 21.4. The maximum atomic E-state index is 13.4. The summed E-state index contributed by atoms with van der Waals surface area (Å²) in [6.45, 7) is 10.7. The summed E-state index contributed by atoms with van der Waals surface area (Å²) in [5, 5.41) is 3.26. The van der Waals surface area contributed by atoms with Crippen LogP contribution in [0.3, 0.4) is 0 Å². The maximum absolute atomic E-state index is 13.4. The second kappa shape index (κ2) is 9.08. The minimum Gasteiger partial charge on any atom is -0.497 e. The first kappa shape index (κ1) is 25.1. The van der Waals surface area contributed by atoms with E-state index in [1.807, 2.05) is 81.7 Å². The predicted molar refractivity (Wildman–Crippen MR) is 141 cm³/mol. The average Bonchev–Trinajstić information content (AvgIpc) is 3.28. The van der Waals surface area contributed by atoms with Gasteiger partial charge in [-0.05, 0) is 76.6 Å². The molecule has 5 rings (SSSR count). The number of aromatic nitrogens is 2. The van der Waals surface area contributed by atoms with Gasteiger partial charge >= 0.3 is 6.09 Å². The van der Waals surface area contributed by atoms with Crippen LogP contribution in [0.25, 0.3) is 16.6 Å². The summed E-state index contributed by atoms with van der Waals surface area (Å²) in [6, 6.07) is 12.0. The van der Waals surface area contributed by atoms with Crippen LogP contribution >= 0.6 is 0 Å². The summed E-state index contributed by atoms with van der Waals surface area (Å²) in [6.07, 6.45) is 4.52. The van der Waals surface area contributed by atoms with Gasteiger partial charge < -0.3 is 24.1 Å². The van der Waals surface area contributed by atoms with E-state index < -0.39 is 11.1 Å². The molecule has 8 nitrogen and oxygen atoms in total. The molecule has 2 amide bonds. The Labute approximate surface area is 218 Å². The van der Waals surface area contributed by atoms with Gasteiger partial charge in [-0.2, -0.15) is 0 Å². The van der Waals surface area contributed by atoms with Crippen molar-refractivity contribution in [3.63, 3.8) is 0 Å². The van der Waals surface area contributed by atoms with Gasteiger partial charge in [0.25, 0.3) is 0 Å². The number of piperidine rings is 2. The molecule has 2 unspecified atom stereocenters. The van der Waals surface area contributed by atoms with E-state index >= 15 is 0 Å². The molecule has 1 aliphatic carbocycles. The molecule has 0 radical (unpaired) electrons. The highest BCUT2D eigenvalue weighted by Crippen LogP contribution is 2.46. The van der Waals surface area contributed by atoms with E-state index in [1.165, 1.54) is 0 Å². The number of nitrogens with one attached hydrogen (secondary N) is 1. The molecule has 8 heteroatoms. The second-order valence-corrected chi connectivity index (χ2v) is 11.8. The molecule has 37 heavy (non-hydrogen) atoms. The van der Waals surface area contributed by atoms with Gasteiger partial charge in [0, 0.05) is 30.8 Å². The molecule has 2 fully saturated rings. The third-order valence-corrected chi connectivity index (χ3v) is 7.45. The number of ether oxygens (including phenoxy) is 2. The molecule has 2 aromatic heterocycles. The zero-order valence-electron chi connectivity index (χ0n) is 22.4. The molecule has 1 aliphatic heterocycles. The van der Waals surface area contributed by atoms with E-state index in [0.29, 0.717) is 13.1 Å². The zero-order chi connectivity index (χ0) is 26.5. The van der Waals surface area contributed by atoms with E-state index in [-0.39, 0.29) is 29.8 Å². The summed E-state index contributed by atoms with van der Waals surface area (Å²) in [7, 11) is 1.66. The van der Waals surface area contributed by atoms with Crippen LogP contribution in [0.2, 0.25) is 0 Å². The summed E-state index contributed by atoms with van der Waals surface area (Å²) >= 11 is 0. The van der Waals surface area contributed by atoms with E-state index in [4.69, 9.17) is 14.5 Å². The number of methoxy groups -OCH3 is 1. The number of amides is 2. The van der Waals surface area contributed by atoms with Crippen LogP contribution < -0.4 is 10.1 Å². The van der Waals surface area contributed by atoms with Gasteiger partial charge in [0.15, 0.2) is 0 Å². The molecule has 1 saturated heterocycles. The molecule has 3 aromatic rings. The lowest BCUT2D eigenvalue weighted by Gasteiger charge is -2.52. The van der Waals surface area contributed by atoms with Crippen molar-refractivity contribution in [2.45, 2.75) is 52.2 Å². The molecule has 3 atom stereocenters. The van der Waals surface area contributed by atoms with Gasteiger partial charge in [0.05, 0.1) is 24.4 Å². The number of likely N-dealkylation sites (tertiary alicyclic amines) is 1. The molecule has 1 N–H and O–H groups in total. The third kappa shape index (κ3) is 4.77. The summed E-state index contributed by atoms with van der Waals surface area (Å²) in [5.74, 6) is 1.81. The number of rotatable bonds is 5. The molecular formula is C29H36N4O4. The van der Waals surface area contributed by atoms with Gasteiger partial charge in [-0.25, -0.2) is 9.78 Å². The van der Waals surface area contributed by atoms with Crippen LogP contribution in [-0.4, -0.2) is 52.1 Å². The highest BCUT2D eigenvalue weighted by atomic mass is 16.6. The minimum absolute atomic E-state index is 0.0261. The quantitative estimate of drug-likeness (QED) is 0.536. The van der Waals surface area contributed by atoms with Crippen LogP contribution in [0, 0.1) is 17.8 Å². The lowest BCUT2D eigenvalue weighted by Crippen LogP contribution is -2.62. The molecule has 0 spiro atoms. The number of hydrogen-bond acceptors (Lipinski definition) is 5. The molecule has 2 aliphatic rings. The SMILES string of the molecule is COc1ccc(-c2cccn3c(C(C)(C)NC(=O)C4C5C[C@@H]4CN(C(=O)OC(C)(C)C)C5)ncc23)cc1. The Morgan fingerprint density at radius 3 is 2.32 bits per heavy atom. The fourth-order valence-electron chi connectivity index (χ4n) is 5.74. The fraction of sp³-hybridized carbons (Fsp3) is 0.483. The van der Waals surface area contributed by atoms with Crippen LogP contribution in [0.1, 0.15) is 46.9 Å². The number of carbonyl (C=O) groups is 2. The summed E-state index contributed by atoms with van der Waals surface area (Å²) < 4.78 is 12.9. The first-order chi connectivity index (χ1) is 17.5. The van der Waals surface area contributed by atoms with Gasteiger partial charge in [0.2, 0.25) is 5.91 Å². The van der Waals surface area contributed by atoms with Crippen LogP contribution in [0.15, 0.2) is 48.8 Å². The zero-order valence-corrected chi connectivity index (χ0v) is 22.4. The minimum atomic E-state index is -0.684. The molecule has 3 heterocycles. The number of imidazole rings is 1. The lowest BCUT2D eigenvalue weighted by atomic mass is 9.61. The Morgan fingerprint density at radius 2 is 1.70 bits per heavy atom. The van der Waals surface area contributed by atoms with Gasteiger partial charge in [-0.1, -0.05) is 18.2 Å². The van der Waals surface area contributed by atoms with E-state index in [0.717, 1.165) is 34.6 Å². The van der Waals surface area contributed by atoms with Crippen LogP contribution in [-0.2, 0) is 15.1 Å². The monoisotopic (exact) mass is 504 g/mol. The summed E-state index contributed by atoms with van der Waals surface area (Å²) in [4.78, 5) is 32.4.